The molecule has 0 atom stereocenters. The number of hydrogen-bond acceptors (Lipinski definition) is 5. The molecule has 0 unspecified atom stereocenters. The Bertz CT molecular complexity index is 902. The van der Waals surface area contributed by atoms with Gasteiger partial charge >= 0.3 is 0 Å². The monoisotopic (exact) mass is 451 g/mol. The number of carbonyl (C=O) groups is 1. The van der Waals surface area contributed by atoms with E-state index in [0.717, 1.165) is 6.42 Å². The Morgan fingerprint density at radius 2 is 1.74 bits per heavy atom. The van der Waals surface area contributed by atoms with Crippen molar-refractivity contribution in [2.24, 2.45) is 0 Å². The number of nitrogens with zero attached hydrogens (tertiary/aromatic N) is 1. The molecule has 0 amide bonds. The fourth-order valence-electron chi connectivity index (χ4n) is 3.26. The number of aryl methyl sites for hydroxylation is 1. The molecule has 2 rings (SSSR count). The van der Waals surface area contributed by atoms with E-state index >= 15 is 0 Å². The minimum atomic E-state index is -0.196. The molecule has 31 heavy (non-hydrogen) atoms. The van der Waals surface area contributed by atoms with Crippen molar-refractivity contribution in [1.82, 2.24) is 4.90 Å². The third kappa shape index (κ3) is 6.58. The maximum atomic E-state index is 13.8. The van der Waals surface area contributed by atoms with E-state index in [-0.39, 0.29) is 11.6 Å². The van der Waals surface area contributed by atoms with E-state index in [1.54, 1.807) is 19.1 Å². The molecule has 0 aliphatic heterocycles. The molecular weight excluding hydrogens is 421 g/mol. The number of benzene rings is 2. The average molecular weight is 452 g/mol. The Balaban J connectivity index is 2.20. The molecule has 0 saturated heterocycles. The lowest BCUT2D eigenvalue weighted by Crippen LogP contribution is -2.20. The van der Waals surface area contributed by atoms with Gasteiger partial charge in [0.2, 0.25) is 5.75 Å². The minimum absolute atomic E-state index is 0.161. The van der Waals surface area contributed by atoms with E-state index in [9.17, 15) is 9.18 Å². The van der Waals surface area contributed by atoms with E-state index in [0.29, 0.717) is 71.6 Å². The van der Waals surface area contributed by atoms with Crippen molar-refractivity contribution in [3.63, 3.8) is 0 Å². The first kappa shape index (κ1) is 25.0. The molecular formula is C24H31ClFNO4. The molecule has 0 radical (unpaired) electrons. The Labute approximate surface area is 189 Å². The topological polar surface area (TPSA) is 48.0 Å². The van der Waals surface area contributed by atoms with Crippen LogP contribution in [0.2, 0.25) is 5.02 Å². The summed E-state index contributed by atoms with van der Waals surface area (Å²) in [5.74, 6) is 0.665. The fraction of sp³-hybridized carbons (Fsp3) is 0.458. The first-order valence-corrected chi connectivity index (χ1v) is 10.7. The number of unbranched alkanes of at least 4 members (excludes halogenated alkanes) is 1. The van der Waals surface area contributed by atoms with Gasteiger partial charge in [-0.15, -0.1) is 0 Å². The van der Waals surface area contributed by atoms with Crippen LogP contribution in [-0.2, 0) is 6.42 Å². The molecule has 2 aromatic rings. The van der Waals surface area contributed by atoms with Crippen LogP contribution in [0.5, 0.6) is 17.2 Å². The van der Waals surface area contributed by atoms with Crippen molar-refractivity contribution >= 4 is 17.4 Å². The van der Waals surface area contributed by atoms with Gasteiger partial charge in [-0.1, -0.05) is 29.8 Å². The first-order chi connectivity index (χ1) is 14.8. The Hall–Kier alpha value is -2.31. The molecule has 0 spiro atoms. The lowest BCUT2D eigenvalue weighted by Gasteiger charge is -2.22. The van der Waals surface area contributed by atoms with Gasteiger partial charge in [-0.05, 0) is 64.4 Å². The van der Waals surface area contributed by atoms with Crippen LogP contribution in [0.4, 0.5) is 4.39 Å². The number of ketones is 1. The van der Waals surface area contributed by atoms with Crippen LogP contribution >= 0.6 is 11.6 Å². The summed E-state index contributed by atoms with van der Waals surface area (Å²) in [6, 6.07) is 6.76. The van der Waals surface area contributed by atoms with Crippen LogP contribution in [-0.4, -0.2) is 51.6 Å². The number of hydrogen-bond donors (Lipinski definition) is 0. The van der Waals surface area contributed by atoms with Crippen molar-refractivity contribution in [1.29, 1.82) is 0 Å². The van der Waals surface area contributed by atoms with Crippen LogP contribution in [0.25, 0.3) is 0 Å². The summed E-state index contributed by atoms with van der Waals surface area (Å²) in [4.78, 5) is 14.4. The standard InChI is InChI=1S/C24H31ClFNO4/c1-16-20(17(2)28)22(31-15-13-27(3)4)24(23(29-5)21(16)25)30-14-9-8-11-18-10-6-7-12-19(18)26/h6-7,10,12H,8-9,11,13-15H2,1-5H3. The summed E-state index contributed by atoms with van der Waals surface area (Å²) in [5, 5.41) is 0.328. The lowest BCUT2D eigenvalue weighted by molar-refractivity contribution is 0.101. The summed E-state index contributed by atoms with van der Waals surface area (Å²) >= 11 is 6.48. The number of likely N-dealkylation sites (N-methyl/N-ethyl adjacent to an activating group) is 1. The highest BCUT2D eigenvalue weighted by Crippen LogP contribution is 2.48. The maximum Gasteiger partial charge on any atom is 0.205 e. The number of methoxy groups -OCH3 is 1. The number of Topliss-reactive ketones (excluding diaryl/α,β-unsaturated/α-hetero) is 1. The molecule has 0 aliphatic carbocycles. The number of carbonyl (C=O) groups excluding carboxylic acids is 1. The zero-order valence-electron chi connectivity index (χ0n) is 18.9. The molecule has 170 valence electrons. The second kappa shape index (κ2) is 11.9. The Morgan fingerprint density at radius 1 is 1.06 bits per heavy atom. The van der Waals surface area contributed by atoms with Gasteiger partial charge in [0.15, 0.2) is 17.3 Å². The van der Waals surface area contributed by atoms with E-state index in [1.165, 1.54) is 20.1 Å². The van der Waals surface area contributed by atoms with Crippen molar-refractivity contribution in [2.75, 3.05) is 41.0 Å². The second-order valence-electron chi connectivity index (χ2n) is 7.61. The first-order valence-electron chi connectivity index (χ1n) is 10.3. The third-order valence-electron chi connectivity index (χ3n) is 4.93. The normalized spacial score (nSPS) is 11.0. The molecule has 5 nitrogen and oxygen atoms in total. The van der Waals surface area contributed by atoms with Crippen molar-refractivity contribution in [2.45, 2.75) is 33.1 Å². The van der Waals surface area contributed by atoms with Gasteiger partial charge in [-0.25, -0.2) is 4.39 Å². The lowest BCUT2D eigenvalue weighted by atomic mass is 10.0. The van der Waals surface area contributed by atoms with Crippen LogP contribution < -0.4 is 14.2 Å². The summed E-state index contributed by atoms with van der Waals surface area (Å²) < 4.78 is 31.3. The largest absolute Gasteiger partial charge is 0.491 e. The SMILES string of the molecule is COc1c(Cl)c(C)c(C(C)=O)c(OCCN(C)C)c1OCCCCc1ccccc1F. The highest BCUT2D eigenvalue weighted by molar-refractivity contribution is 6.34. The van der Waals surface area contributed by atoms with Gasteiger partial charge < -0.3 is 19.1 Å². The van der Waals surface area contributed by atoms with Gasteiger partial charge in [0.1, 0.15) is 12.4 Å². The summed E-state index contributed by atoms with van der Waals surface area (Å²) in [6.07, 6.45) is 2.06. The minimum Gasteiger partial charge on any atom is -0.491 e. The Kier molecular flexibility index (Phi) is 9.59. The third-order valence-corrected chi connectivity index (χ3v) is 5.38. The van der Waals surface area contributed by atoms with Gasteiger partial charge in [-0.2, -0.15) is 0 Å². The molecule has 7 heteroatoms. The second-order valence-corrected chi connectivity index (χ2v) is 7.99. The molecule has 0 saturated carbocycles. The smallest absolute Gasteiger partial charge is 0.205 e. The quantitative estimate of drug-likeness (QED) is 0.322. The highest BCUT2D eigenvalue weighted by atomic mass is 35.5. The molecule has 0 aromatic heterocycles. The highest BCUT2D eigenvalue weighted by Gasteiger charge is 2.27. The van der Waals surface area contributed by atoms with E-state index in [4.69, 9.17) is 25.8 Å². The van der Waals surface area contributed by atoms with Crippen LogP contribution in [0, 0.1) is 12.7 Å². The molecule has 0 N–H and O–H groups in total. The van der Waals surface area contributed by atoms with Gasteiger partial charge in [0.25, 0.3) is 0 Å². The van der Waals surface area contributed by atoms with Gasteiger partial charge in [0.05, 0.1) is 24.3 Å². The fourth-order valence-corrected chi connectivity index (χ4v) is 3.52. The molecule has 0 fully saturated rings. The number of halogens is 2. The average Bonchev–Trinajstić information content (AvgIpc) is 2.71. The van der Waals surface area contributed by atoms with Gasteiger partial charge in [0, 0.05) is 6.54 Å². The maximum absolute atomic E-state index is 13.8. The molecule has 0 heterocycles. The zero-order chi connectivity index (χ0) is 23.0. The molecule has 0 bridgehead atoms. The summed E-state index contributed by atoms with van der Waals surface area (Å²) in [7, 11) is 5.38. The summed E-state index contributed by atoms with van der Waals surface area (Å²) in [6.45, 7) is 4.64. The predicted molar refractivity (Wildman–Crippen MR) is 122 cm³/mol. The Morgan fingerprint density at radius 3 is 2.35 bits per heavy atom. The van der Waals surface area contributed by atoms with Crippen LogP contribution in [0.3, 0.4) is 0 Å². The van der Waals surface area contributed by atoms with Crippen molar-refractivity contribution in [3.05, 3.63) is 51.8 Å². The molecule has 2 aromatic carbocycles. The van der Waals surface area contributed by atoms with Crippen molar-refractivity contribution < 1.29 is 23.4 Å². The van der Waals surface area contributed by atoms with E-state index in [2.05, 4.69) is 0 Å². The zero-order valence-corrected chi connectivity index (χ0v) is 19.6. The van der Waals surface area contributed by atoms with E-state index in [1.807, 2.05) is 25.1 Å². The summed E-state index contributed by atoms with van der Waals surface area (Å²) in [5.41, 5.74) is 1.67. The van der Waals surface area contributed by atoms with Crippen LogP contribution in [0.1, 0.15) is 41.3 Å². The molecule has 0 aliphatic rings. The van der Waals surface area contributed by atoms with Crippen LogP contribution in [0.15, 0.2) is 24.3 Å². The van der Waals surface area contributed by atoms with Crippen molar-refractivity contribution in [3.8, 4) is 17.2 Å². The predicted octanol–water partition coefficient (Wildman–Crippen LogP) is 5.34. The van der Waals surface area contributed by atoms with Gasteiger partial charge in [-0.3, -0.25) is 4.79 Å². The number of ether oxygens (including phenoxy) is 3. The number of rotatable bonds is 12. The van der Waals surface area contributed by atoms with E-state index < -0.39 is 0 Å².